The topological polar surface area (TPSA) is 63.2 Å². The van der Waals surface area contributed by atoms with Gasteiger partial charge in [-0.2, -0.15) is 4.72 Å². The zero-order chi connectivity index (χ0) is 17.5. The summed E-state index contributed by atoms with van der Waals surface area (Å²) < 4.78 is 41.6. The van der Waals surface area contributed by atoms with Crippen molar-refractivity contribution in [2.75, 3.05) is 0 Å². The van der Waals surface area contributed by atoms with Crippen molar-refractivity contribution in [1.29, 1.82) is 0 Å². The molecule has 0 unspecified atom stereocenters. The molecule has 6 heteroatoms. The Bertz CT molecular complexity index is 920. The molecule has 3 rings (SSSR count). The molecule has 2 aromatic carbocycles. The predicted octanol–water partition coefficient (Wildman–Crippen LogP) is 2.95. The molecule has 0 saturated carbocycles. The maximum absolute atomic E-state index is 14.1. The third-order valence-electron chi connectivity index (χ3n) is 4.16. The SMILES string of the molecule is C=C[C@@H]1c2c(F)cccc2C(=O)[C@H]1NS(=O)(=O)c1ccc(C)cc1. The first-order chi connectivity index (χ1) is 11.3. The standard InChI is InChI=1S/C18H16FNO3S/c1-3-13-16-14(5-4-6-15(16)19)18(21)17(13)20-24(22,23)12-9-7-11(2)8-10-12/h3-10,13,17,20H,1H2,2H3/t13-,17+/m1/s1. The van der Waals surface area contributed by atoms with E-state index in [9.17, 15) is 17.6 Å². The predicted molar refractivity (Wildman–Crippen MR) is 89.0 cm³/mol. The number of halogens is 1. The molecule has 2 atom stereocenters. The second kappa shape index (κ2) is 5.96. The molecule has 0 bridgehead atoms. The van der Waals surface area contributed by atoms with Gasteiger partial charge in [0.25, 0.3) is 0 Å². The van der Waals surface area contributed by atoms with E-state index >= 15 is 0 Å². The number of hydrogen-bond donors (Lipinski definition) is 1. The maximum Gasteiger partial charge on any atom is 0.241 e. The molecule has 1 aliphatic carbocycles. The summed E-state index contributed by atoms with van der Waals surface area (Å²) in [6, 6.07) is 9.36. The molecule has 0 spiro atoms. The Hall–Kier alpha value is -2.31. The van der Waals surface area contributed by atoms with Crippen molar-refractivity contribution in [3.8, 4) is 0 Å². The van der Waals surface area contributed by atoms with Crippen LogP contribution in [0.25, 0.3) is 0 Å². The van der Waals surface area contributed by atoms with E-state index in [0.717, 1.165) is 5.56 Å². The number of benzene rings is 2. The quantitative estimate of drug-likeness (QED) is 0.867. The summed E-state index contributed by atoms with van der Waals surface area (Å²) in [5.41, 5.74) is 1.30. The summed E-state index contributed by atoms with van der Waals surface area (Å²) >= 11 is 0. The Morgan fingerprint density at radius 3 is 2.46 bits per heavy atom. The number of hydrogen-bond acceptors (Lipinski definition) is 3. The Morgan fingerprint density at radius 1 is 1.17 bits per heavy atom. The molecular formula is C18H16FNO3S. The van der Waals surface area contributed by atoms with Crippen LogP contribution in [0.15, 0.2) is 60.0 Å². The smallest absolute Gasteiger partial charge is 0.241 e. The molecule has 0 aromatic heterocycles. The second-order valence-corrected chi connectivity index (χ2v) is 7.45. The van der Waals surface area contributed by atoms with E-state index in [2.05, 4.69) is 11.3 Å². The lowest BCUT2D eigenvalue weighted by molar-refractivity contribution is 0.0963. The lowest BCUT2D eigenvalue weighted by Gasteiger charge is -2.17. The molecule has 0 saturated heterocycles. The van der Waals surface area contributed by atoms with Crippen LogP contribution in [0.2, 0.25) is 0 Å². The number of sulfonamides is 1. The zero-order valence-corrected chi connectivity index (χ0v) is 13.8. The van der Waals surface area contributed by atoms with Gasteiger partial charge in [0.1, 0.15) is 5.82 Å². The number of fused-ring (bicyclic) bond motifs is 1. The Balaban J connectivity index is 1.98. The van der Waals surface area contributed by atoms with Crippen LogP contribution in [0, 0.1) is 12.7 Å². The fourth-order valence-electron chi connectivity index (χ4n) is 2.92. The number of ketones is 1. The van der Waals surface area contributed by atoms with Crippen LogP contribution >= 0.6 is 0 Å². The number of carbonyl (C=O) groups excluding carboxylic acids is 1. The highest BCUT2D eigenvalue weighted by atomic mass is 32.2. The average molecular weight is 345 g/mol. The van der Waals surface area contributed by atoms with Gasteiger partial charge in [-0.1, -0.05) is 35.9 Å². The van der Waals surface area contributed by atoms with E-state index in [1.165, 1.54) is 36.4 Å². The lowest BCUT2D eigenvalue weighted by atomic mass is 9.98. The number of Topliss-reactive ketones (excluding diaryl/α,β-unsaturated/α-hetero) is 1. The lowest BCUT2D eigenvalue weighted by Crippen LogP contribution is -2.40. The van der Waals surface area contributed by atoms with Crippen molar-refractivity contribution >= 4 is 15.8 Å². The number of nitrogens with one attached hydrogen (secondary N) is 1. The number of rotatable bonds is 4. The van der Waals surface area contributed by atoms with Crippen LogP contribution in [0.3, 0.4) is 0 Å². The highest BCUT2D eigenvalue weighted by Crippen LogP contribution is 2.36. The van der Waals surface area contributed by atoms with E-state index < -0.39 is 33.6 Å². The van der Waals surface area contributed by atoms with Crippen molar-refractivity contribution in [1.82, 2.24) is 4.72 Å². The summed E-state index contributed by atoms with van der Waals surface area (Å²) in [6.07, 6.45) is 1.40. The summed E-state index contributed by atoms with van der Waals surface area (Å²) in [5.74, 6) is -1.73. The first-order valence-corrected chi connectivity index (χ1v) is 8.87. The normalized spacial score (nSPS) is 20.0. The Kier molecular flexibility index (Phi) is 4.11. The first-order valence-electron chi connectivity index (χ1n) is 7.39. The number of carbonyl (C=O) groups is 1. The minimum absolute atomic E-state index is 0.0557. The molecule has 0 aliphatic heterocycles. The van der Waals surface area contributed by atoms with Crippen LogP contribution in [0.4, 0.5) is 4.39 Å². The van der Waals surface area contributed by atoms with E-state index in [0.29, 0.717) is 0 Å². The summed E-state index contributed by atoms with van der Waals surface area (Å²) in [7, 11) is -3.91. The van der Waals surface area contributed by atoms with Crippen LogP contribution in [-0.4, -0.2) is 20.2 Å². The molecule has 1 aliphatic rings. The average Bonchev–Trinajstić information content (AvgIpc) is 2.81. The van der Waals surface area contributed by atoms with E-state index in [1.807, 2.05) is 6.92 Å². The van der Waals surface area contributed by atoms with Gasteiger partial charge in [-0.3, -0.25) is 4.79 Å². The minimum atomic E-state index is -3.91. The summed E-state index contributed by atoms with van der Waals surface area (Å²) in [6.45, 7) is 5.47. The molecule has 2 aromatic rings. The molecular weight excluding hydrogens is 329 g/mol. The molecule has 4 nitrogen and oxygen atoms in total. The van der Waals surface area contributed by atoms with E-state index in [1.54, 1.807) is 12.1 Å². The van der Waals surface area contributed by atoms with Crippen LogP contribution < -0.4 is 4.72 Å². The van der Waals surface area contributed by atoms with Crippen molar-refractivity contribution in [2.24, 2.45) is 0 Å². The molecule has 0 amide bonds. The van der Waals surface area contributed by atoms with Crippen LogP contribution in [0.1, 0.15) is 27.4 Å². The Labute approximate surface area is 140 Å². The minimum Gasteiger partial charge on any atom is -0.292 e. The summed E-state index contributed by atoms with van der Waals surface area (Å²) in [4.78, 5) is 12.6. The van der Waals surface area contributed by atoms with Gasteiger partial charge in [-0.05, 0) is 25.1 Å². The second-order valence-electron chi connectivity index (χ2n) is 5.74. The maximum atomic E-state index is 14.1. The molecule has 0 radical (unpaired) electrons. The molecule has 24 heavy (non-hydrogen) atoms. The fourth-order valence-corrected chi connectivity index (χ4v) is 4.14. The number of aryl methyl sites for hydroxylation is 1. The van der Waals surface area contributed by atoms with Crippen LogP contribution in [-0.2, 0) is 10.0 Å². The monoisotopic (exact) mass is 345 g/mol. The zero-order valence-electron chi connectivity index (χ0n) is 13.0. The Morgan fingerprint density at radius 2 is 1.83 bits per heavy atom. The van der Waals surface area contributed by atoms with E-state index in [-0.39, 0.29) is 16.0 Å². The first kappa shape index (κ1) is 16.5. The summed E-state index contributed by atoms with van der Waals surface area (Å²) in [5, 5.41) is 0. The molecule has 0 heterocycles. The van der Waals surface area contributed by atoms with Crippen molar-refractivity contribution in [3.05, 3.63) is 77.6 Å². The van der Waals surface area contributed by atoms with Crippen molar-refractivity contribution in [2.45, 2.75) is 23.8 Å². The van der Waals surface area contributed by atoms with Gasteiger partial charge in [0.2, 0.25) is 10.0 Å². The molecule has 1 N–H and O–H groups in total. The van der Waals surface area contributed by atoms with Gasteiger partial charge in [0.15, 0.2) is 5.78 Å². The largest absolute Gasteiger partial charge is 0.292 e. The molecule has 0 fully saturated rings. The molecule has 124 valence electrons. The van der Waals surface area contributed by atoms with Crippen LogP contribution in [0.5, 0.6) is 0 Å². The van der Waals surface area contributed by atoms with Gasteiger partial charge >= 0.3 is 0 Å². The highest BCUT2D eigenvalue weighted by Gasteiger charge is 2.42. The van der Waals surface area contributed by atoms with Gasteiger partial charge in [-0.15, -0.1) is 6.58 Å². The van der Waals surface area contributed by atoms with E-state index in [4.69, 9.17) is 0 Å². The fraction of sp³-hybridized carbons (Fsp3) is 0.167. The third-order valence-corrected chi connectivity index (χ3v) is 5.62. The van der Waals surface area contributed by atoms with Crippen molar-refractivity contribution in [3.63, 3.8) is 0 Å². The van der Waals surface area contributed by atoms with Crippen molar-refractivity contribution < 1.29 is 17.6 Å². The van der Waals surface area contributed by atoms with Gasteiger partial charge < -0.3 is 0 Å². The highest BCUT2D eigenvalue weighted by molar-refractivity contribution is 7.89. The third kappa shape index (κ3) is 2.68. The van der Waals surface area contributed by atoms with Gasteiger partial charge in [0.05, 0.1) is 10.9 Å². The van der Waals surface area contributed by atoms with Gasteiger partial charge in [-0.25, -0.2) is 12.8 Å². The van der Waals surface area contributed by atoms with Gasteiger partial charge in [0, 0.05) is 17.0 Å².